The minimum Gasteiger partial charge on any atom is -0.508 e. The van der Waals surface area contributed by atoms with Gasteiger partial charge in [-0.3, -0.25) is 14.4 Å². The maximum Gasteiger partial charge on any atom is 0.408 e. The van der Waals surface area contributed by atoms with Crippen LogP contribution in [0.1, 0.15) is 38.3 Å². The molecule has 0 spiro atoms. The summed E-state index contributed by atoms with van der Waals surface area (Å²) in [6, 6.07) is 3.78. The van der Waals surface area contributed by atoms with Crippen LogP contribution < -0.4 is 10.6 Å². The van der Waals surface area contributed by atoms with E-state index in [0.717, 1.165) is 12.8 Å². The predicted octanol–water partition coefficient (Wildman–Crippen LogP) is 3.28. The van der Waals surface area contributed by atoms with Gasteiger partial charge in [-0.15, -0.1) is 11.8 Å². The number of alkyl halides is 3. The second-order valence-electron chi connectivity index (χ2n) is 10.0. The van der Waals surface area contributed by atoms with Crippen LogP contribution in [0.3, 0.4) is 0 Å². The lowest BCUT2D eigenvalue weighted by atomic mass is 9.89. The Labute approximate surface area is 239 Å². The van der Waals surface area contributed by atoms with Crippen molar-refractivity contribution in [1.29, 1.82) is 0 Å². The maximum atomic E-state index is 13.3. The zero-order valence-electron chi connectivity index (χ0n) is 20.6. The van der Waals surface area contributed by atoms with Gasteiger partial charge in [0, 0.05) is 12.3 Å². The summed E-state index contributed by atoms with van der Waals surface area (Å²) in [6.45, 7) is 3.13. The summed E-state index contributed by atoms with van der Waals surface area (Å²) in [5.41, 5.74) is -0.611. The number of amides is 3. The number of ether oxygens (including phenoxy) is 2. The SMILES string of the molecule is CC(OC(=O)NC(C(=O)NC1C(=O)N2CC(C)(C(=O)OCC(Cl)(Cl)Cl)CS[C@H]12)c1ccc(O)cc1)C1CC1. The topological polar surface area (TPSA) is 134 Å². The van der Waals surface area contributed by atoms with Crippen molar-refractivity contribution in [2.75, 3.05) is 18.9 Å². The fourth-order valence-electron chi connectivity index (χ4n) is 4.33. The molecule has 208 valence electrons. The van der Waals surface area contributed by atoms with Crippen molar-refractivity contribution in [2.45, 2.75) is 54.0 Å². The van der Waals surface area contributed by atoms with Crippen molar-refractivity contribution in [1.82, 2.24) is 15.5 Å². The van der Waals surface area contributed by atoms with Gasteiger partial charge in [0.2, 0.25) is 15.6 Å². The van der Waals surface area contributed by atoms with Crippen LogP contribution in [0.5, 0.6) is 5.75 Å². The Morgan fingerprint density at radius 1 is 1.24 bits per heavy atom. The molecule has 38 heavy (non-hydrogen) atoms. The fourth-order valence-corrected chi connectivity index (χ4v) is 5.98. The summed E-state index contributed by atoms with van der Waals surface area (Å²) in [7, 11) is 0. The molecular weight excluding hydrogens is 581 g/mol. The van der Waals surface area contributed by atoms with E-state index < -0.39 is 51.2 Å². The van der Waals surface area contributed by atoms with Gasteiger partial charge in [-0.1, -0.05) is 46.9 Å². The van der Waals surface area contributed by atoms with E-state index in [1.165, 1.54) is 40.9 Å². The van der Waals surface area contributed by atoms with Crippen molar-refractivity contribution in [2.24, 2.45) is 11.3 Å². The van der Waals surface area contributed by atoms with E-state index in [4.69, 9.17) is 44.3 Å². The first-order chi connectivity index (χ1) is 17.8. The first-order valence-corrected chi connectivity index (χ1v) is 14.2. The molecule has 0 aromatic heterocycles. The Bertz CT molecular complexity index is 1100. The quantitative estimate of drug-likeness (QED) is 0.233. The first-order valence-electron chi connectivity index (χ1n) is 12.0. The van der Waals surface area contributed by atoms with Gasteiger partial charge in [0.1, 0.15) is 35.9 Å². The average Bonchev–Trinajstić information content (AvgIpc) is 3.70. The Balaban J connectivity index is 1.39. The van der Waals surface area contributed by atoms with E-state index >= 15 is 0 Å². The molecule has 3 amide bonds. The number of hydrogen-bond acceptors (Lipinski definition) is 8. The number of alkyl carbamates (subject to hydrolysis) is 1. The van der Waals surface area contributed by atoms with Crippen LogP contribution in [-0.4, -0.2) is 74.1 Å². The number of nitrogens with zero attached hydrogens (tertiary/aromatic N) is 1. The van der Waals surface area contributed by atoms with Gasteiger partial charge in [0.25, 0.3) is 0 Å². The van der Waals surface area contributed by atoms with E-state index in [2.05, 4.69) is 10.6 Å². The highest BCUT2D eigenvalue weighted by atomic mass is 35.6. The lowest BCUT2D eigenvalue weighted by Gasteiger charge is -2.53. The minimum atomic E-state index is -1.75. The number of carbonyl (C=O) groups is 4. The molecule has 0 bridgehead atoms. The lowest BCUT2D eigenvalue weighted by Crippen LogP contribution is -2.73. The molecule has 4 unspecified atom stereocenters. The molecule has 3 aliphatic rings. The summed E-state index contributed by atoms with van der Waals surface area (Å²) >= 11 is 18.3. The maximum absolute atomic E-state index is 13.3. The van der Waals surface area contributed by atoms with Crippen LogP contribution in [0.2, 0.25) is 0 Å². The van der Waals surface area contributed by atoms with Crippen molar-refractivity contribution in [3.05, 3.63) is 29.8 Å². The molecule has 5 atom stereocenters. The second-order valence-corrected chi connectivity index (χ2v) is 13.6. The Morgan fingerprint density at radius 3 is 2.50 bits per heavy atom. The molecular formula is C24H28Cl3N3O7S. The highest BCUT2D eigenvalue weighted by Crippen LogP contribution is 2.43. The second kappa shape index (κ2) is 11.2. The van der Waals surface area contributed by atoms with E-state index in [-0.39, 0.29) is 24.3 Å². The number of β-lactam (4-membered cyclic amide) rings is 1. The number of benzene rings is 1. The number of hydrogen-bond donors (Lipinski definition) is 3. The Kier molecular flexibility index (Phi) is 8.52. The number of carbonyl (C=O) groups excluding carboxylic acids is 4. The van der Waals surface area contributed by atoms with Crippen molar-refractivity contribution >= 4 is 70.4 Å². The molecule has 1 aliphatic carbocycles. The Morgan fingerprint density at radius 2 is 1.89 bits per heavy atom. The standard InChI is InChI=1S/C24H28Cl3N3O7S/c1-12(13-3-4-13)37-22(35)29-16(14-5-7-15(31)8-6-14)18(32)28-17-19(33)30-9-23(2,11-38-20(17)30)21(34)36-10-24(25,26)27/h5-8,12-13,16-17,20,31H,3-4,9-11H2,1-2H3,(H,28,32)(H,29,35)/t12?,16?,17?,20-,23?/m1/s1. The fraction of sp³-hybridized carbons (Fsp3) is 0.583. The van der Waals surface area contributed by atoms with Crippen LogP contribution in [0.15, 0.2) is 24.3 Å². The number of esters is 1. The summed E-state index contributed by atoms with van der Waals surface area (Å²) in [4.78, 5) is 52.9. The van der Waals surface area contributed by atoms with E-state index in [1.807, 2.05) is 0 Å². The number of rotatable bonds is 8. The predicted molar refractivity (Wildman–Crippen MR) is 142 cm³/mol. The summed E-state index contributed by atoms with van der Waals surface area (Å²) in [5, 5.41) is 14.5. The first kappa shape index (κ1) is 28.9. The number of halogens is 3. The number of phenolic OH excluding ortho intramolecular Hbond substituents is 1. The van der Waals surface area contributed by atoms with Crippen molar-refractivity contribution in [3.63, 3.8) is 0 Å². The van der Waals surface area contributed by atoms with Crippen molar-refractivity contribution < 1.29 is 33.8 Å². The molecule has 3 fully saturated rings. The summed E-state index contributed by atoms with van der Waals surface area (Å²) in [6.07, 6.45) is 0.934. The van der Waals surface area contributed by atoms with Gasteiger partial charge in [-0.05, 0) is 50.3 Å². The monoisotopic (exact) mass is 607 g/mol. The smallest absolute Gasteiger partial charge is 0.408 e. The third kappa shape index (κ3) is 6.73. The largest absolute Gasteiger partial charge is 0.508 e. The van der Waals surface area contributed by atoms with Crippen LogP contribution in [-0.2, 0) is 23.9 Å². The van der Waals surface area contributed by atoms with Gasteiger partial charge >= 0.3 is 12.1 Å². The highest BCUT2D eigenvalue weighted by Gasteiger charge is 2.56. The van der Waals surface area contributed by atoms with Crippen LogP contribution in [0, 0.1) is 11.3 Å². The number of nitrogens with one attached hydrogen (secondary N) is 2. The van der Waals surface area contributed by atoms with Crippen LogP contribution >= 0.6 is 46.6 Å². The van der Waals surface area contributed by atoms with Crippen LogP contribution in [0.4, 0.5) is 4.79 Å². The number of aromatic hydroxyl groups is 1. The summed E-state index contributed by atoms with van der Waals surface area (Å²) in [5.74, 6) is -0.945. The molecule has 1 aromatic rings. The molecule has 2 saturated heterocycles. The molecule has 3 N–H and O–H groups in total. The van der Waals surface area contributed by atoms with Crippen LogP contribution in [0.25, 0.3) is 0 Å². The van der Waals surface area contributed by atoms with E-state index in [1.54, 1.807) is 13.8 Å². The molecule has 2 aliphatic heterocycles. The van der Waals surface area contributed by atoms with Gasteiger partial charge in [-0.2, -0.15) is 0 Å². The average molecular weight is 609 g/mol. The van der Waals surface area contributed by atoms with Gasteiger partial charge in [-0.25, -0.2) is 4.79 Å². The van der Waals surface area contributed by atoms with E-state index in [0.29, 0.717) is 17.2 Å². The minimum absolute atomic E-state index is 0.00309. The van der Waals surface area contributed by atoms with Crippen molar-refractivity contribution in [3.8, 4) is 5.75 Å². The van der Waals surface area contributed by atoms with E-state index in [9.17, 15) is 24.3 Å². The molecule has 14 heteroatoms. The number of thioether (sulfide) groups is 1. The molecule has 1 aromatic carbocycles. The zero-order chi connectivity index (χ0) is 27.8. The summed E-state index contributed by atoms with van der Waals surface area (Å²) < 4.78 is 8.79. The third-order valence-corrected chi connectivity index (χ3v) is 8.72. The van der Waals surface area contributed by atoms with Gasteiger partial charge in [0.05, 0.1) is 5.41 Å². The zero-order valence-corrected chi connectivity index (χ0v) is 23.7. The van der Waals surface area contributed by atoms with Gasteiger partial charge in [0.15, 0.2) is 0 Å². The lowest BCUT2D eigenvalue weighted by molar-refractivity contribution is -0.161. The molecule has 1 saturated carbocycles. The Hall–Kier alpha value is -2.08. The van der Waals surface area contributed by atoms with Gasteiger partial charge < -0.3 is 30.1 Å². The molecule has 0 radical (unpaired) electrons. The third-order valence-electron chi connectivity index (χ3n) is 6.72. The normalized spacial score (nSPS) is 26.3. The number of fused-ring (bicyclic) bond motifs is 1. The molecule has 4 rings (SSSR count). The number of phenols is 1. The molecule has 10 nitrogen and oxygen atoms in total. The highest BCUT2D eigenvalue weighted by molar-refractivity contribution is 8.00. The molecule has 2 heterocycles.